The fourth-order valence-corrected chi connectivity index (χ4v) is 5.03. The van der Waals surface area contributed by atoms with Crippen molar-refractivity contribution in [2.45, 2.75) is 12.3 Å². The average Bonchev–Trinajstić information content (AvgIpc) is 3.43. The number of hydrogen-bond donors (Lipinski definition) is 0. The summed E-state index contributed by atoms with van der Waals surface area (Å²) in [5.41, 5.74) is 0.639. The maximum absolute atomic E-state index is 12.9. The quantitative estimate of drug-likeness (QED) is 0.591. The van der Waals surface area contributed by atoms with Crippen LogP contribution in [0.3, 0.4) is 0 Å². The summed E-state index contributed by atoms with van der Waals surface area (Å²) in [6.45, 7) is 2.35. The van der Waals surface area contributed by atoms with E-state index in [0.717, 1.165) is 12.2 Å². The van der Waals surface area contributed by atoms with Crippen molar-refractivity contribution in [3.05, 3.63) is 82.6 Å². The van der Waals surface area contributed by atoms with Gasteiger partial charge < -0.3 is 14.5 Å². The minimum absolute atomic E-state index is 0.00115. The van der Waals surface area contributed by atoms with Crippen LogP contribution in [0.25, 0.3) is 0 Å². The highest BCUT2D eigenvalue weighted by Crippen LogP contribution is 2.50. The van der Waals surface area contributed by atoms with E-state index in [2.05, 4.69) is 11.4 Å². The predicted octanol–water partition coefficient (Wildman–Crippen LogP) is 4.63. The Hall–Kier alpha value is -3.12. The molecular formula is C25H24N2O3S. The van der Waals surface area contributed by atoms with Crippen LogP contribution in [0.1, 0.15) is 27.6 Å². The molecule has 2 atom stereocenters. The van der Waals surface area contributed by atoms with Crippen LogP contribution in [0.5, 0.6) is 11.5 Å². The molecule has 3 aromatic rings. The number of rotatable bonds is 5. The molecule has 5 rings (SSSR count). The Morgan fingerprint density at radius 3 is 2.16 bits per heavy atom. The van der Waals surface area contributed by atoms with E-state index in [1.54, 1.807) is 23.5 Å². The van der Waals surface area contributed by atoms with Crippen molar-refractivity contribution in [2.75, 3.05) is 26.2 Å². The number of para-hydroxylation sites is 1. The van der Waals surface area contributed by atoms with Crippen LogP contribution >= 0.6 is 11.3 Å². The van der Waals surface area contributed by atoms with E-state index in [4.69, 9.17) is 4.74 Å². The number of amides is 2. The molecule has 6 heteroatoms. The van der Waals surface area contributed by atoms with Crippen LogP contribution in [-0.2, 0) is 4.79 Å². The van der Waals surface area contributed by atoms with Gasteiger partial charge in [0.25, 0.3) is 5.91 Å². The average molecular weight is 433 g/mol. The molecule has 0 spiro atoms. The molecule has 1 saturated heterocycles. The van der Waals surface area contributed by atoms with Crippen LogP contribution in [0.2, 0.25) is 0 Å². The second-order valence-corrected chi connectivity index (χ2v) is 9.00. The Morgan fingerprint density at radius 2 is 1.48 bits per heavy atom. The standard InChI is InChI=1S/C25H24N2O3S/c28-24(18-8-10-20(11-9-18)30-19-5-2-1-3-6-19)26-12-14-27(15-13-26)25(29)22-17-21(22)23-7-4-16-31-23/h1-11,16,21-22H,12-15,17H2. The van der Waals surface area contributed by atoms with Crippen molar-refractivity contribution in [1.82, 2.24) is 9.80 Å². The minimum Gasteiger partial charge on any atom is -0.457 e. The topological polar surface area (TPSA) is 49.9 Å². The van der Waals surface area contributed by atoms with Crippen molar-refractivity contribution in [3.63, 3.8) is 0 Å². The number of carbonyl (C=O) groups is 2. The molecule has 5 nitrogen and oxygen atoms in total. The van der Waals surface area contributed by atoms with Crippen molar-refractivity contribution in [3.8, 4) is 11.5 Å². The second-order valence-electron chi connectivity index (χ2n) is 8.02. The van der Waals surface area contributed by atoms with Crippen LogP contribution in [0.15, 0.2) is 72.1 Å². The van der Waals surface area contributed by atoms with Gasteiger partial charge in [-0.25, -0.2) is 0 Å². The Bertz CT molecular complexity index is 1040. The van der Waals surface area contributed by atoms with Gasteiger partial charge in [-0.1, -0.05) is 24.3 Å². The molecule has 2 fully saturated rings. The highest BCUT2D eigenvalue weighted by atomic mass is 32.1. The first-order valence-corrected chi connectivity index (χ1v) is 11.5. The summed E-state index contributed by atoms with van der Waals surface area (Å²) in [7, 11) is 0. The number of piperazine rings is 1. The molecule has 0 radical (unpaired) electrons. The predicted molar refractivity (Wildman–Crippen MR) is 121 cm³/mol. The summed E-state index contributed by atoms with van der Waals surface area (Å²) in [5, 5.41) is 2.07. The van der Waals surface area contributed by atoms with Gasteiger partial charge in [-0.3, -0.25) is 9.59 Å². The lowest BCUT2D eigenvalue weighted by Gasteiger charge is -2.35. The molecule has 158 valence electrons. The van der Waals surface area contributed by atoms with Gasteiger partial charge in [0, 0.05) is 48.5 Å². The van der Waals surface area contributed by atoms with Gasteiger partial charge in [0.05, 0.1) is 0 Å². The molecule has 0 N–H and O–H groups in total. The van der Waals surface area contributed by atoms with Crippen molar-refractivity contribution in [2.24, 2.45) is 5.92 Å². The lowest BCUT2D eigenvalue weighted by atomic mass is 10.1. The fraction of sp³-hybridized carbons (Fsp3) is 0.280. The first-order chi connectivity index (χ1) is 15.2. The third kappa shape index (κ3) is 4.35. The lowest BCUT2D eigenvalue weighted by molar-refractivity contribution is -0.134. The third-order valence-corrected chi connectivity index (χ3v) is 6.98. The number of benzene rings is 2. The van der Waals surface area contributed by atoms with E-state index in [0.29, 0.717) is 43.4 Å². The Labute approximate surface area is 185 Å². The summed E-state index contributed by atoms with van der Waals surface area (Å²) in [4.78, 5) is 30.8. The molecule has 1 saturated carbocycles. The second kappa shape index (κ2) is 8.55. The maximum Gasteiger partial charge on any atom is 0.253 e. The Balaban J connectivity index is 1.14. The number of nitrogens with zero attached hydrogens (tertiary/aromatic N) is 2. The lowest BCUT2D eigenvalue weighted by Crippen LogP contribution is -2.51. The first kappa shape index (κ1) is 19.8. The van der Waals surface area contributed by atoms with Crippen LogP contribution in [0, 0.1) is 5.92 Å². The first-order valence-electron chi connectivity index (χ1n) is 10.6. The summed E-state index contributed by atoms with van der Waals surface area (Å²) in [6, 6.07) is 21.0. The SMILES string of the molecule is O=C(c1ccc(Oc2ccccc2)cc1)N1CCN(C(=O)C2CC2c2cccs2)CC1. The van der Waals surface area contributed by atoms with Gasteiger partial charge in [0.15, 0.2) is 0 Å². The normalized spacial score (nSPS) is 20.4. The van der Waals surface area contributed by atoms with Crippen LogP contribution in [-0.4, -0.2) is 47.8 Å². The maximum atomic E-state index is 12.9. The minimum atomic E-state index is 0.00115. The van der Waals surface area contributed by atoms with Crippen molar-refractivity contribution in [1.29, 1.82) is 0 Å². The van der Waals surface area contributed by atoms with E-state index in [1.807, 2.05) is 58.3 Å². The van der Waals surface area contributed by atoms with E-state index in [-0.39, 0.29) is 17.7 Å². The van der Waals surface area contributed by atoms with Crippen molar-refractivity contribution >= 4 is 23.2 Å². The number of ether oxygens (including phenoxy) is 1. The molecule has 31 heavy (non-hydrogen) atoms. The third-order valence-electron chi connectivity index (χ3n) is 5.98. The number of thiophene rings is 1. The molecule has 2 unspecified atom stereocenters. The molecule has 2 aliphatic rings. The van der Waals surface area contributed by atoms with E-state index in [9.17, 15) is 9.59 Å². The molecule has 0 bridgehead atoms. The molecular weight excluding hydrogens is 408 g/mol. The molecule has 2 heterocycles. The zero-order valence-corrected chi connectivity index (χ0v) is 18.0. The summed E-state index contributed by atoms with van der Waals surface area (Å²) < 4.78 is 5.79. The van der Waals surface area contributed by atoms with E-state index in [1.165, 1.54) is 4.88 Å². The van der Waals surface area contributed by atoms with E-state index < -0.39 is 0 Å². The Kier molecular flexibility index (Phi) is 5.47. The fourth-order valence-electron chi connectivity index (χ4n) is 4.12. The van der Waals surface area contributed by atoms with Gasteiger partial charge in [0.2, 0.25) is 5.91 Å². The Morgan fingerprint density at radius 1 is 0.806 bits per heavy atom. The smallest absolute Gasteiger partial charge is 0.253 e. The molecule has 1 aromatic heterocycles. The highest BCUT2D eigenvalue weighted by molar-refractivity contribution is 7.10. The molecule has 2 aromatic carbocycles. The van der Waals surface area contributed by atoms with Crippen LogP contribution < -0.4 is 4.74 Å². The van der Waals surface area contributed by atoms with Crippen molar-refractivity contribution < 1.29 is 14.3 Å². The zero-order valence-electron chi connectivity index (χ0n) is 17.1. The molecule has 2 amide bonds. The molecule has 1 aliphatic carbocycles. The van der Waals surface area contributed by atoms with Gasteiger partial charge in [0.1, 0.15) is 11.5 Å². The summed E-state index contributed by atoms with van der Waals surface area (Å²) >= 11 is 1.73. The van der Waals surface area contributed by atoms with Crippen LogP contribution in [0.4, 0.5) is 0 Å². The van der Waals surface area contributed by atoms with Gasteiger partial charge >= 0.3 is 0 Å². The van der Waals surface area contributed by atoms with E-state index >= 15 is 0 Å². The van der Waals surface area contributed by atoms with Gasteiger partial charge in [-0.2, -0.15) is 0 Å². The zero-order chi connectivity index (χ0) is 21.2. The largest absolute Gasteiger partial charge is 0.457 e. The highest BCUT2D eigenvalue weighted by Gasteiger charge is 2.46. The summed E-state index contributed by atoms with van der Waals surface area (Å²) in [5.74, 6) is 2.22. The van der Waals surface area contributed by atoms with Gasteiger partial charge in [-0.15, -0.1) is 11.3 Å². The van der Waals surface area contributed by atoms with Gasteiger partial charge in [-0.05, 0) is 54.3 Å². The number of hydrogen-bond acceptors (Lipinski definition) is 4. The summed E-state index contributed by atoms with van der Waals surface area (Å²) in [6.07, 6.45) is 0.954. The monoisotopic (exact) mass is 432 g/mol. The molecule has 1 aliphatic heterocycles. The number of carbonyl (C=O) groups excluding carboxylic acids is 2.